The molecular weight excluding hydrogens is 402 g/mol. The van der Waals surface area contributed by atoms with Crippen LogP contribution in [0.2, 0.25) is 0 Å². The zero-order valence-corrected chi connectivity index (χ0v) is 19.6. The Balaban J connectivity index is 3.27. The molecule has 0 fully saturated rings. The molecule has 1 rings (SSSR count). The summed E-state index contributed by atoms with van der Waals surface area (Å²) in [6.45, 7) is 11.4. The first kappa shape index (κ1) is 26.2. The molecule has 1 aromatic rings. The molecule has 0 aliphatic heterocycles. The van der Waals surface area contributed by atoms with Crippen LogP contribution in [0.1, 0.15) is 58.7 Å². The summed E-state index contributed by atoms with van der Waals surface area (Å²) in [6, 6.07) is 2.37. The normalized spacial score (nSPS) is 13.7. The lowest BCUT2D eigenvalue weighted by Gasteiger charge is -2.33. The van der Waals surface area contributed by atoms with Gasteiger partial charge in [0.05, 0.1) is 6.61 Å². The Bertz CT molecular complexity index is 810. The fourth-order valence-corrected chi connectivity index (χ4v) is 2.87. The third kappa shape index (κ3) is 7.75. The van der Waals surface area contributed by atoms with Crippen molar-refractivity contribution in [3.05, 3.63) is 29.3 Å². The summed E-state index contributed by atoms with van der Waals surface area (Å²) in [5.41, 5.74) is -0.616. The number of carbonyl (C=O) groups excluding carboxylic acids is 3. The van der Waals surface area contributed by atoms with Gasteiger partial charge in [-0.3, -0.25) is 9.59 Å². The van der Waals surface area contributed by atoms with Gasteiger partial charge in [-0.1, -0.05) is 18.2 Å². The van der Waals surface area contributed by atoms with Gasteiger partial charge in [0.25, 0.3) is 0 Å². The van der Waals surface area contributed by atoms with Crippen molar-refractivity contribution in [3.63, 3.8) is 0 Å². The third-order valence-corrected chi connectivity index (χ3v) is 4.22. The van der Waals surface area contributed by atoms with Gasteiger partial charge < -0.3 is 30.5 Å². The fraction of sp³-hybridized carbons (Fsp3) is 0.591. The molecule has 0 aliphatic carbocycles. The highest BCUT2D eigenvalue weighted by Gasteiger charge is 2.36. The van der Waals surface area contributed by atoms with E-state index in [1.807, 2.05) is 0 Å². The van der Waals surface area contributed by atoms with Crippen LogP contribution in [0.15, 0.2) is 18.2 Å². The zero-order valence-electron chi connectivity index (χ0n) is 19.6. The Labute approximate surface area is 183 Å². The van der Waals surface area contributed by atoms with E-state index in [1.165, 1.54) is 7.05 Å². The summed E-state index contributed by atoms with van der Waals surface area (Å²) < 4.78 is 5.14. The SMILES string of the molecule is Cc1cccc(C(C(=O)NC(C)(C)C)N(C)C(=O)C(CO)NC(=O)OC(C)(C)C)c1O. The number of nitrogens with one attached hydrogen (secondary N) is 2. The summed E-state index contributed by atoms with van der Waals surface area (Å²) in [5, 5.41) is 25.4. The number of aromatic hydroxyl groups is 1. The van der Waals surface area contributed by atoms with E-state index in [0.29, 0.717) is 5.56 Å². The number of hydrogen-bond donors (Lipinski definition) is 4. The molecule has 0 saturated heterocycles. The summed E-state index contributed by atoms with van der Waals surface area (Å²) in [6.07, 6.45) is -0.873. The number of carbonyl (C=O) groups is 3. The van der Waals surface area contributed by atoms with E-state index < -0.39 is 47.7 Å². The molecule has 4 N–H and O–H groups in total. The summed E-state index contributed by atoms with van der Waals surface area (Å²) in [5.74, 6) is -1.35. The first-order valence-corrected chi connectivity index (χ1v) is 10.0. The highest BCUT2D eigenvalue weighted by molar-refractivity contribution is 5.92. The van der Waals surface area contributed by atoms with Gasteiger partial charge >= 0.3 is 6.09 Å². The molecule has 2 atom stereocenters. The molecule has 31 heavy (non-hydrogen) atoms. The van der Waals surface area contributed by atoms with Crippen molar-refractivity contribution >= 4 is 17.9 Å². The van der Waals surface area contributed by atoms with Crippen LogP contribution in [0.25, 0.3) is 0 Å². The lowest BCUT2D eigenvalue weighted by molar-refractivity contribution is -0.142. The molecule has 0 bridgehead atoms. The minimum Gasteiger partial charge on any atom is -0.507 e. The van der Waals surface area contributed by atoms with Gasteiger partial charge in [0.1, 0.15) is 23.4 Å². The second-order valence-electron chi connectivity index (χ2n) is 9.49. The molecule has 9 nitrogen and oxygen atoms in total. The minimum atomic E-state index is -1.34. The van der Waals surface area contributed by atoms with Gasteiger partial charge in [-0.15, -0.1) is 0 Å². The molecule has 0 saturated carbocycles. The van der Waals surface area contributed by atoms with Gasteiger partial charge in [0.15, 0.2) is 0 Å². The van der Waals surface area contributed by atoms with Crippen molar-refractivity contribution in [2.45, 2.75) is 71.7 Å². The standard InChI is InChI=1S/C22H35N3O6/c1-13-10-9-11-14(17(13)27)16(18(28)24-21(2,3)4)25(8)19(29)15(12-26)23-20(30)31-22(5,6)7/h9-11,15-16,26-27H,12H2,1-8H3,(H,23,30)(H,24,28). The Kier molecular flexibility index (Phi) is 8.46. The van der Waals surface area contributed by atoms with E-state index in [2.05, 4.69) is 10.6 Å². The van der Waals surface area contributed by atoms with E-state index in [-0.39, 0.29) is 11.3 Å². The summed E-state index contributed by atoms with van der Waals surface area (Å²) in [4.78, 5) is 39.4. The van der Waals surface area contributed by atoms with Crippen LogP contribution in [0, 0.1) is 6.92 Å². The fourth-order valence-electron chi connectivity index (χ4n) is 2.87. The number of alkyl carbamates (subject to hydrolysis) is 1. The monoisotopic (exact) mass is 437 g/mol. The second-order valence-corrected chi connectivity index (χ2v) is 9.49. The minimum absolute atomic E-state index is 0.114. The summed E-state index contributed by atoms with van der Waals surface area (Å²) in [7, 11) is 1.37. The quantitative estimate of drug-likeness (QED) is 0.539. The van der Waals surface area contributed by atoms with Gasteiger partial charge in [0, 0.05) is 18.2 Å². The van der Waals surface area contributed by atoms with Crippen molar-refractivity contribution in [3.8, 4) is 5.75 Å². The average molecular weight is 438 g/mol. The van der Waals surface area contributed by atoms with E-state index in [9.17, 15) is 24.6 Å². The van der Waals surface area contributed by atoms with Gasteiger partial charge in [0.2, 0.25) is 11.8 Å². The molecule has 174 valence electrons. The Hall–Kier alpha value is -2.81. The lowest BCUT2D eigenvalue weighted by atomic mass is 9.98. The van der Waals surface area contributed by atoms with Crippen molar-refractivity contribution in [1.29, 1.82) is 0 Å². The molecule has 0 aliphatic rings. The smallest absolute Gasteiger partial charge is 0.408 e. The third-order valence-electron chi connectivity index (χ3n) is 4.22. The molecule has 3 amide bonds. The molecule has 0 spiro atoms. The van der Waals surface area contributed by atoms with Crippen LogP contribution < -0.4 is 10.6 Å². The van der Waals surface area contributed by atoms with E-state index in [4.69, 9.17) is 4.74 Å². The molecular formula is C22H35N3O6. The van der Waals surface area contributed by atoms with Crippen LogP contribution in [0.3, 0.4) is 0 Å². The maximum Gasteiger partial charge on any atom is 0.408 e. The number of nitrogens with zero attached hydrogens (tertiary/aromatic N) is 1. The van der Waals surface area contributed by atoms with Crippen molar-refractivity contribution in [2.24, 2.45) is 0 Å². The number of aliphatic hydroxyl groups is 1. The largest absolute Gasteiger partial charge is 0.507 e. The average Bonchev–Trinajstić information content (AvgIpc) is 2.59. The number of para-hydroxylation sites is 1. The predicted molar refractivity (Wildman–Crippen MR) is 116 cm³/mol. The highest BCUT2D eigenvalue weighted by atomic mass is 16.6. The van der Waals surface area contributed by atoms with Gasteiger partial charge in [-0.2, -0.15) is 0 Å². The zero-order chi connectivity index (χ0) is 24.1. The number of amides is 3. The number of ether oxygens (including phenoxy) is 1. The number of phenols is 1. The number of phenolic OH excluding ortho intramolecular Hbond substituents is 1. The topological polar surface area (TPSA) is 128 Å². The van der Waals surface area contributed by atoms with Crippen LogP contribution in [-0.2, 0) is 14.3 Å². The molecule has 0 aromatic heterocycles. The molecule has 0 heterocycles. The first-order chi connectivity index (χ1) is 14.1. The van der Waals surface area contributed by atoms with E-state index >= 15 is 0 Å². The number of aliphatic hydroxyl groups excluding tert-OH is 1. The number of rotatable bonds is 6. The predicted octanol–water partition coefficient (Wildman–Crippen LogP) is 2.00. The van der Waals surface area contributed by atoms with E-state index in [1.54, 1.807) is 66.7 Å². The Morgan fingerprint density at radius 3 is 2.19 bits per heavy atom. The van der Waals surface area contributed by atoms with Crippen LogP contribution >= 0.6 is 0 Å². The molecule has 9 heteroatoms. The number of likely N-dealkylation sites (N-methyl/N-ethyl adjacent to an activating group) is 1. The van der Waals surface area contributed by atoms with Crippen LogP contribution in [0.4, 0.5) is 4.79 Å². The van der Waals surface area contributed by atoms with E-state index in [0.717, 1.165) is 4.90 Å². The number of benzene rings is 1. The lowest BCUT2D eigenvalue weighted by Crippen LogP contribution is -2.54. The molecule has 1 aromatic carbocycles. The van der Waals surface area contributed by atoms with Gasteiger partial charge in [-0.25, -0.2) is 4.79 Å². The highest BCUT2D eigenvalue weighted by Crippen LogP contribution is 2.31. The summed E-state index contributed by atoms with van der Waals surface area (Å²) >= 11 is 0. The first-order valence-electron chi connectivity index (χ1n) is 10.0. The number of hydrogen-bond acceptors (Lipinski definition) is 6. The Morgan fingerprint density at radius 2 is 1.71 bits per heavy atom. The Morgan fingerprint density at radius 1 is 1.13 bits per heavy atom. The van der Waals surface area contributed by atoms with Gasteiger partial charge in [-0.05, 0) is 54.0 Å². The maximum absolute atomic E-state index is 13.1. The second kappa shape index (κ2) is 10.00. The van der Waals surface area contributed by atoms with Crippen LogP contribution in [0.5, 0.6) is 5.75 Å². The van der Waals surface area contributed by atoms with Crippen LogP contribution in [-0.4, -0.2) is 63.9 Å². The molecule has 0 radical (unpaired) electrons. The number of aryl methyl sites for hydroxylation is 1. The van der Waals surface area contributed by atoms with Crippen molar-refractivity contribution in [2.75, 3.05) is 13.7 Å². The maximum atomic E-state index is 13.1. The molecule has 2 unspecified atom stereocenters. The van der Waals surface area contributed by atoms with Crippen molar-refractivity contribution in [1.82, 2.24) is 15.5 Å². The van der Waals surface area contributed by atoms with Crippen molar-refractivity contribution < 1.29 is 29.3 Å².